The number of phenolic OH excluding ortho intramolecular Hbond substituents is 1. The van der Waals surface area contributed by atoms with Crippen molar-refractivity contribution < 1.29 is 14.6 Å². The van der Waals surface area contributed by atoms with Crippen molar-refractivity contribution in [3.8, 4) is 11.5 Å². The van der Waals surface area contributed by atoms with Gasteiger partial charge in [-0.2, -0.15) is 5.10 Å². The molecule has 0 aliphatic carbocycles. The predicted octanol–water partition coefficient (Wildman–Crippen LogP) is 4.83. The van der Waals surface area contributed by atoms with E-state index in [-0.39, 0.29) is 17.8 Å². The number of hydrogen-bond acceptors (Lipinski definition) is 5. The number of benzene rings is 2. The topological polar surface area (TPSA) is 74.2 Å². The lowest BCUT2D eigenvalue weighted by Gasteiger charge is -2.21. The van der Waals surface area contributed by atoms with Gasteiger partial charge in [-0.1, -0.05) is 26.8 Å². The van der Waals surface area contributed by atoms with Gasteiger partial charge in [-0.25, -0.2) is 5.43 Å². The fraction of sp³-hybridized carbons (Fsp3) is 0.391. The molecule has 0 heterocycles. The molecule has 0 aliphatic heterocycles. The Bertz CT molecular complexity index is 903. The molecule has 0 radical (unpaired) electrons. The lowest BCUT2D eigenvalue weighted by Crippen LogP contribution is -2.24. The summed E-state index contributed by atoms with van der Waals surface area (Å²) in [5.74, 6) is 0.306. The van der Waals surface area contributed by atoms with Gasteiger partial charge in [0.1, 0.15) is 11.5 Å². The van der Waals surface area contributed by atoms with Crippen LogP contribution in [0.2, 0.25) is 0 Å². The zero-order valence-electron chi connectivity index (χ0n) is 18.2. The van der Waals surface area contributed by atoms with Crippen LogP contribution in [0, 0.1) is 0 Å². The SMILES string of the molecule is CCN(CC)c1ccc(C=NNC(=O)COc2ccc(C(C)(C)C)cc2Br)c(O)c1. The summed E-state index contributed by atoms with van der Waals surface area (Å²) in [7, 11) is 0. The van der Waals surface area contributed by atoms with Crippen molar-refractivity contribution in [2.45, 2.75) is 40.0 Å². The van der Waals surface area contributed by atoms with E-state index in [1.165, 1.54) is 11.8 Å². The van der Waals surface area contributed by atoms with Gasteiger partial charge >= 0.3 is 0 Å². The lowest BCUT2D eigenvalue weighted by atomic mass is 9.87. The maximum atomic E-state index is 12.0. The van der Waals surface area contributed by atoms with Crippen molar-refractivity contribution in [3.05, 3.63) is 52.0 Å². The molecule has 0 aliphatic rings. The zero-order chi connectivity index (χ0) is 22.3. The number of anilines is 1. The summed E-state index contributed by atoms with van der Waals surface area (Å²) >= 11 is 3.49. The Kier molecular flexibility index (Phi) is 8.29. The number of rotatable bonds is 8. The molecule has 0 aromatic heterocycles. The number of carbonyl (C=O) groups is 1. The third-order valence-electron chi connectivity index (χ3n) is 4.69. The third kappa shape index (κ3) is 6.49. The molecule has 0 unspecified atom stereocenters. The van der Waals surface area contributed by atoms with Gasteiger partial charge in [-0.3, -0.25) is 4.79 Å². The Morgan fingerprint density at radius 1 is 1.20 bits per heavy atom. The molecular weight excluding hydrogens is 446 g/mol. The first kappa shape index (κ1) is 23.7. The molecule has 2 N–H and O–H groups in total. The Labute approximate surface area is 187 Å². The van der Waals surface area contributed by atoms with Crippen LogP contribution in [0.15, 0.2) is 46.0 Å². The molecule has 0 saturated heterocycles. The number of halogens is 1. The second-order valence-corrected chi connectivity index (χ2v) is 8.75. The number of aromatic hydroxyl groups is 1. The maximum absolute atomic E-state index is 12.0. The van der Waals surface area contributed by atoms with Gasteiger partial charge in [0.25, 0.3) is 5.91 Å². The summed E-state index contributed by atoms with van der Waals surface area (Å²) in [6.07, 6.45) is 1.41. The minimum absolute atomic E-state index is 0.0300. The molecule has 6 nitrogen and oxygen atoms in total. The van der Waals surface area contributed by atoms with Crippen LogP contribution in [0.25, 0.3) is 0 Å². The van der Waals surface area contributed by atoms with E-state index in [9.17, 15) is 9.90 Å². The smallest absolute Gasteiger partial charge is 0.277 e. The molecule has 0 fully saturated rings. The van der Waals surface area contributed by atoms with Crippen LogP contribution in [-0.2, 0) is 10.2 Å². The number of nitrogens with zero attached hydrogens (tertiary/aromatic N) is 2. The van der Waals surface area contributed by atoms with E-state index in [0.29, 0.717) is 11.3 Å². The van der Waals surface area contributed by atoms with E-state index in [0.717, 1.165) is 23.2 Å². The Morgan fingerprint density at radius 2 is 1.90 bits per heavy atom. The van der Waals surface area contributed by atoms with Crippen LogP contribution in [0.1, 0.15) is 45.7 Å². The van der Waals surface area contributed by atoms with Crippen molar-refractivity contribution in [1.29, 1.82) is 0 Å². The number of carbonyl (C=O) groups excluding carboxylic acids is 1. The minimum atomic E-state index is -0.391. The summed E-state index contributed by atoms with van der Waals surface area (Å²) in [4.78, 5) is 14.1. The maximum Gasteiger partial charge on any atom is 0.277 e. The van der Waals surface area contributed by atoms with E-state index in [1.54, 1.807) is 12.1 Å². The molecule has 0 bridgehead atoms. The summed E-state index contributed by atoms with van der Waals surface area (Å²) in [5, 5.41) is 14.1. The predicted molar refractivity (Wildman–Crippen MR) is 126 cm³/mol. The summed E-state index contributed by atoms with van der Waals surface area (Å²) in [6.45, 7) is 12.1. The highest BCUT2D eigenvalue weighted by atomic mass is 79.9. The summed E-state index contributed by atoms with van der Waals surface area (Å²) in [6, 6.07) is 11.2. The molecule has 2 aromatic rings. The van der Waals surface area contributed by atoms with Gasteiger partial charge in [0, 0.05) is 30.4 Å². The third-order valence-corrected chi connectivity index (χ3v) is 5.31. The van der Waals surface area contributed by atoms with E-state index in [2.05, 4.69) is 66.0 Å². The Morgan fingerprint density at radius 3 is 2.47 bits per heavy atom. The monoisotopic (exact) mass is 475 g/mol. The van der Waals surface area contributed by atoms with Crippen LogP contribution >= 0.6 is 15.9 Å². The van der Waals surface area contributed by atoms with Gasteiger partial charge in [-0.15, -0.1) is 0 Å². The Hall–Kier alpha value is -2.54. The number of amides is 1. The lowest BCUT2D eigenvalue weighted by molar-refractivity contribution is -0.123. The minimum Gasteiger partial charge on any atom is -0.507 e. The second-order valence-electron chi connectivity index (χ2n) is 7.89. The van der Waals surface area contributed by atoms with Crippen molar-refractivity contribution in [2.75, 3.05) is 24.6 Å². The van der Waals surface area contributed by atoms with Gasteiger partial charge in [0.2, 0.25) is 0 Å². The van der Waals surface area contributed by atoms with E-state index < -0.39 is 5.91 Å². The first-order valence-corrected chi connectivity index (χ1v) is 10.8. The van der Waals surface area contributed by atoms with E-state index in [4.69, 9.17) is 4.74 Å². The molecule has 0 saturated carbocycles. The summed E-state index contributed by atoms with van der Waals surface area (Å²) in [5.41, 5.74) is 5.07. The molecular formula is C23H30BrN3O3. The first-order valence-electron chi connectivity index (χ1n) is 9.98. The summed E-state index contributed by atoms with van der Waals surface area (Å²) < 4.78 is 6.37. The van der Waals surface area contributed by atoms with Gasteiger partial charge in [-0.05, 0) is 65.0 Å². The molecule has 30 heavy (non-hydrogen) atoms. The zero-order valence-corrected chi connectivity index (χ0v) is 19.8. The molecule has 0 spiro atoms. The number of hydrogen-bond donors (Lipinski definition) is 2. The van der Waals surface area contributed by atoms with Gasteiger partial charge < -0.3 is 14.7 Å². The molecule has 7 heteroatoms. The quantitative estimate of drug-likeness (QED) is 0.423. The van der Waals surface area contributed by atoms with Crippen molar-refractivity contribution in [3.63, 3.8) is 0 Å². The van der Waals surface area contributed by atoms with Crippen LogP contribution in [0.3, 0.4) is 0 Å². The average Bonchev–Trinajstić information content (AvgIpc) is 2.68. The van der Waals surface area contributed by atoms with Crippen LogP contribution in [0.4, 0.5) is 5.69 Å². The van der Waals surface area contributed by atoms with Gasteiger partial charge in [0.15, 0.2) is 6.61 Å². The Balaban J connectivity index is 1.91. The number of hydrazone groups is 1. The van der Waals surface area contributed by atoms with Crippen LogP contribution in [-0.4, -0.2) is 36.9 Å². The molecule has 2 rings (SSSR count). The number of nitrogens with one attached hydrogen (secondary N) is 1. The number of ether oxygens (including phenoxy) is 1. The highest BCUT2D eigenvalue weighted by Crippen LogP contribution is 2.31. The highest BCUT2D eigenvalue weighted by molar-refractivity contribution is 9.10. The first-order chi connectivity index (χ1) is 14.2. The number of phenols is 1. The van der Waals surface area contributed by atoms with E-state index >= 15 is 0 Å². The highest BCUT2D eigenvalue weighted by Gasteiger charge is 2.15. The fourth-order valence-electron chi connectivity index (χ4n) is 2.86. The van der Waals surface area contributed by atoms with Crippen molar-refractivity contribution >= 4 is 33.7 Å². The average molecular weight is 476 g/mol. The fourth-order valence-corrected chi connectivity index (χ4v) is 3.35. The molecule has 0 atom stereocenters. The molecule has 162 valence electrons. The molecule has 1 amide bonds. The molecule has 2 aromatic carbocycles. The standard InChI is InChI=1S/C23H30BrN3O3/c1-6-27(7-2)18-10-8-16(20(28)13-18)14-25-26-22(29)15-30-21-11-9-17(12-19(21)24)23(3,4)5/h8-14,28H,6-7,15H2,1-5H3,(H,26,29). The van der Waals surface area contributed by atoms with Crippen LogP contribution < -0.4 is 15.1 Å². The van der Waals surface area contributed by atoms with Crippen LogP contribution in [0.5, 0.6) is 11.5 Å². The largest absolute Gasteiger partial charge is 0.507 e. The van der Waals surface area contributed by atoms with E-state index in [1.807, 2.05) is 24.3 Å². The van der Waals surface area contributed by atoms with Gasteiger partial charge in [0.05, 0.1) is 10.7 Å². The normalized spacial score (nSPS) is 11.5. The second kappa shape index (κ2) is 10.5. The van der Waals surface area contributed by atoms with Crippen molar-refractivity contribution in [2.24, 2.45) is 5.10 Å². The van der Waals surface area contributed by atoms with Crippen molar-refractivity contribution in [1.82, 2.24) is 5.43 Å².